The van der Waals surface area contributed by atoms with Crippen LogP contribution < -0.4 is 0 Å². The maximum atomic E-state index is 13.4. The third-order valence-electron chi connectivity index (χ3n) is 2.04. The van der Waals surface area contributed by atoms with E-state index >= 15 is 0 Å². The number of alkyl halides is 1. The van der Waals surface area contributed by atoms with Gasteiger partial charge >= 0.3 is 5.97 Å². The number of hydrogen-bond acceptors (Lipinski definition) is 4. The molecule has 0 unspecified atom stereocenters. The molecule has 0 saturated heterocycles. The Kier molecular flexibility index (Phi) is 4.25. The van der Waals surface area contributed by atoms with E-state index in [-0.39, 0.29) is 17.9 Å². The van der Waals surface area contributed by atoms with Crippen molar-refractivity contribution in [2.24, 2.45) is 0 Å². The zero-order valence-electron chi connectivity index (χ0n) is 8.76. The predicted octanol–water partition coefficient (Wildman–Crippen LogP) is 1.33. The molecule has 0 spiro atoms. The molecule has 0 aliphatic rings. The summed E-state index contributed by atoms with van der Waals surface area (Å²) >= 11 is 0. The van der Waals surface area contributed by atoms with Gasteiger partial charge in [0.1, 0.15) is 11.9 Å². The van der Waals surface area contributed by atoms with E-state index in [2.05, 4.69) is 4.74 Å². The third-order valence-corrected chi connectivity index (χ3v) is 2.04. The minimum absolute atomic E-state index is 0.0345. The van der Waals surface area contributed by atoms with Gasteiger partial charge in [0.15, 0.2) is 0 Å². The van der Waals surface area contributed by atoms with E-state index in [4.69, 9.17) is 0 Å². The number of aromatic hydroxyl groups is 1. The van der Waals surface area contributed by atoms with Crippen LogP contribution in [0.4, 0.5) is 4.39 Å². The number of rotatable bonds is 4. The van der Waals surface area contributed by atoms with Crippen LogP contribution in [0.2, 0.25) is 0 Å². The molecular weight excluding hydrogens is 215 g/mol. The lowest BCUT2D eigenvalue weighted by Crippen LogP contribution is -2.26. The van der Waals surface area contributed by atoms with E-state index in [0.29, 0.717) is 0 Å². The zero-order chi connectivity index (χ0) is 12.1. The SMILES string of the molecule is CCOC(=O)[C@H](F)[C@@H](O)c1ccccc1O. The van der Waals surface area contributed by atoms with Crippen LogP contribution in [0.15, 0.2) is 24.3 Å². The Balaban J connectivity index is 2.82. The number of aliphatic hydroxyl groups is 1. The number of benzene rings is 1. The maximum Gasteiger partial charge on any atom is 0.343 e. The number of ether oxygens (including phenoxy) is 1. The van der Waals surface area contributed by atoms with E-state index in [0.717, 1.165) is 0 Å². The molecule has 1 aromatic rings. The summed E-state index contributed by atoms with van der Waals surface area (Å²) in [6.07, 6.45) is -3.92. The van der Waals surface area contributed by atoms with Gasteiger partial charge in [-0.2, -0.15) is 0 Å². The molecule has 0 amide bonds. The van der Waals surface area contributed by atoms with Crippen LogP contribution in [-0.2, 0) is 9.53 Å². The number of carbonyl (C=O) groups excluding carboxylic acids is 1. The van der Waals surface area contributed by atoms with Crippen LogP contribution in [-0.4, -0.2) is 29.0 Å². The summed E-state index contributed by atoms with van der Waals surface area (Å²) in [5.74, 6) is -1.40. The highest BCUT2D eigenvalue weighted by Gasteiger charge is 2.30. The number of esters is 1. The second kappa shape index (κ2) is 5.46. The van der Waals surface area contributed by atoms with Crippen molar-refractivity contribution in [1.29, 1.82) is 0 Å². The van der Waals surface area contributed by atoms with Crippen molar-refractivity contribution in [2.75, 3.05) is 6.61 Å². The molecule has 1 rings (SSSR count). The second-order valence-corrected chi connectivity index (χ2v) is 3.16. The molecular formula is C11H13FO4. The van der Waals surface area contributed by atoms with Crippen LogP contribution >= 0.6 is 0 Å². The summed E-state index contributed by atoms with van der Waals surface area (Å²) in [6.45, 7) is 1.57. The average molecular weight is 228 g/mol. The van der Waals surface area contributed by atoms with Gasteiger partial charge in [-0.25, -0.2) is 9.18 Å². The third kappa shape index (κ3) is 2.70. The van der Waals surface area contributed by atoms with Crippen LogP contribution in [0.5, 0.6) is 5.75 Å². The van der Waals surface area contributed by atoms with Crippen molar-refractivity contribution in [3.63, 3.8) is 0 Å². The first-order valence-electron chi connectivity index (χ1n) is 4.84. The maximum absolute atomic E-state index is 13.4. The molecule has 16 heavy (non-hydrogen) atoms. The van der Waals surface area contributed by atoms with Gasteiger partial charge in [-0.3, -0.25) is 0 Å². The van der Waals surface area contributed by atoms with Crippen LogP contribution in [0.1, 0.15) is 18.6 Å². The molecule has 0 aromatic heterocycles. The normalized spacial score (nSPS) is 14.2. The van der Waals surface area contributed by atoms with Gasteiger partial charge in [-0.1, -0.05) is 18.2 Å². The van der Waals surface area contributed by atoms with Gasteiger partial charge in [0.2, 0.25) is 6.17 Å². The standard InChI is InChI=1S/C11H13FO4/c1-2-16-11(15)9(12)10(14)7-5-3-4-6-8(7)13/h3-6,9-10,13-14H,2H2,1H3/t9-,10+/m1/s1. The predicted molar refractivity (Wildman–Crippen MR) is 54.6 cm³/mol. The molecule has 0 aliphatic heterocycles. The minimum Gasteiger partial charge on any atom is -0.508 e. The summed E-state index contributed by atoms with van der Waals surface area (Å²) in [4.78, 5) is 11.0. The minimum atomic E-state index is -2.20. The van der Waals surface area contributed by atoms with Crippen LogP contribution in [0.3, 0.4) is 0 Å². The van der Waals surface area contributed by atoms with Gasteiger partial charge < -0.3 is 14.9 Å². The first-order chi connectivity index (χ1) is 7.57. The second-order valence-electron chi connectivity index (χ2n) is 3.16. The highest BCUT2D eigenvalue weighted by atomic mass is 19.1. The van der Waals surface area contributed by atoms with Gasteiger partial charge in [0, 0.05) is 5.56 Å². The van der Waals surface area contributed by atoms with Crippen molar-refractivity contribution in [3.05, 3.63) is 29.8 Å². The Morgan fingerprint density at radius 3 is 2.69 bits per heavy atom. The van der Waals surface area contributed by atoms with Crippen molar-refractivity contribution in [2.45, 2.75) is 19.2 Å². The summed E-state index contributed by atoms with van der Waals surface area (Å²) in [5, 5.41) is 18.9. The van der Waals surface area contributed by atoms with E-state index < -0.39 is 18.2 Å². The van der Waals surface area contributed by atoms with Gasteiger partial charge in [0.05, 0.1) is 6.61 Å². The van der Waals surface area contributed by atoms with Crippen molar-refractivity contribution < 1.29 is 24.1 Å². The topological polar surface area (TPSA) is 66.8 Å². The fraction of sp³-hybridized carbons (Fsp3) is 0.364. The summed E-state index contributed by atoms with van der Waals surface area (Å²) < 4.78 is 17.8. The number of halogens is 1. The average Bonchev–Trinajstić information content (AvgIpc) is 2.28. The number of para-hydroxylation sites is 1. The van der Waals surface area contributed by atoms with Gasteiger partial charge in [-0.15, -0.1) is 0 Å². The Hall–Kier alpha value is -1.62. The monoisotopic (exact) mass is 228 g/mol. The van der Waals surface area contributed by atoms with Crippen molar-refractivity contribution in [3.8, 4) is 5.75 Å². The molecule has 0 saturated carbocycles. The highest BCUT2D eigenvalue weighted by Crippen LogP contribution is 2.27. The fourth-order valence-corrected chi connectivity index (χ4v) is 1.25. The Bertz CT molecular complexity index is 367. The number of carbonyl (C=O) groups is 1. The molecule has 4 nitrogen and oxygen atoms in total. The van der Waals surface area contributed by atoms with E-state index in [1.807, 2.05) is 0 Å². The van der Waals surface area contributed by atoms with Gasteiger partial charge in [-0.05, 0) is 13.0 Å². The number of phenolic OH excluding ortho intramolecular Hbond substituents is 1. The lowest BCUT2D eigenvalue weighted by Gasteiger charge is -2.15. The zero-order valence-corrected chi connectivity index (χ0v) is 8.76. The fourth-order valence-electron chi connectivity index (χ4n) is 1.25. The Morgan fingerprint density at radius 1 is 1.50 bits per heavy atom. The first kappa shape index (κ1) is 12.4. The number of aliphatic hydroxyl groups excluding tert-OH is 1. The number of hydrogen-bond donors (Lipinski definition) is 2. The molecule has 88 valence electrons. The largest absolute Gasteiger partial charge is 0.508 e. The molecule has 0 radical (unpaired) electrons. The molecule has 0 fully saturated rings. The molecule has 1 aromatic carbocycles. The van der Waals surface area contributed by atoms with Crippen LogP contribution in [0, 0.1) is 0 Å². The summed E-state index contributed by atoms with van der Waals surface area (Å²) in [6, 6.07) is 5.70. The van der Waals surface area contributed by atoms with E-state index in [9.17, 15) is 19.4 Å². The molecule has 0 bridgehead atoms. The Morgan fingerprint density at radius 2 is 2.12 bits per heavy atom. The highest BCUT2D eigenvalue weighted by molar-refractivity contribution is 5.75. The molecule has 5 heteroatoms. The quantitative estimate of drug-likeness (QED) is 0.763. The van der Waals surface area contributed by atoms with Crippen LogP contribution in [0.25, 0.3) is 0 Å². The molecule has 0 heterocycles. The summed E-state index contributed by atoms with van der Waals surface area (Å²) in [7, 11) is 0. The first-order valence-corrected chi connectivity index (χ1v) is 4.84. The number of phenols is 1. The molecule has 0 aliphatic carbocycles. The van der Waals surface area contributed by atoms with Crippen molar-refractivity contribution in [1.82, 2.24) is 0 Å². The molecule has 2 N–H and O–H groups in total. The lowest BCUT2D eigenvalue weighted by molar-refractivity contribution is -0.153. The Labute approximate surface area is 92.3 Å². The molecule has 2 atom stereocenters. The van der Waals surface area contributed by atoms with Crippen molar-refractivity contribution >= 4 is 5.97 Å². The summed E-state index contributed by atoms with van der Waals surface area (Å²) in [5.41, 5.74) is -0.0388. The van der Waals surface area contributed by atoms with Gasteiger partial charge in [0.25, 0.3) is 0 Å². The smallest absolute Gasteiger partial charge is 0.343 e. The lowest BCUT2D eigenvalue weighted by atomic mass is 10.0. The van der Waals surface area contributed by atoms with E-state index in [1.165, 1.54) is 31.2 Å². The van der Waals surface area contributed by atoms with E-state index in [1.54, 1.807) is 0 Å².